The summed E-state index contributed by atoms with van der Waals surface area (Å²) >= 11 is 6.09. The molecule has 2 aromatic rings. The number of nitrogens with one attached hydrogen (secondary N) is 1. The molecule has 1 aliphatic carbocycles. The number of carbonyl (C=O) groups excluding carboxylic acids is 3. The third kappa shape index (κ3) is 4.81. The molecule has 1 heterocycles. The molecular weight excluding hydrogens is 478 g/mol. The van der Waals surface area contributed by atoms with Crippen LogP contribution in [0.4, 0.5) is 0 Å². The summed E-state index contributed by atoms with van der Waals surface area (Å²) in [6, 6.07) is 11.9. The molecule has 8 nitrogen and oxygen atoms in total. The Morgan fingerprint density at radius 3 is 2.53 bits per heavy atom. The molecule has 0 saturated heterocycles. The number of amides is 3. The Labute approximate surface area is 203 Å². The largest absolute Gasteiger partial charge is 0.352 e. The Balaban J connectivity index is 1.58. The van der Waals surface area contributed by atoms with E-state index in [2.05, 4.69) is 5.32 Å². The van der Waals surface area contributed by atoms with Gasteiger partial charge >= 0.3 is 0 Å². The quantitative estimate of drug-likeness (QED) is 0.625. The fraction of sp³-hybridized carbons (Fsp3) is 0.375. The van der Waals surface area contributed by atoms with Crippen LogP contribution in [0.2, 0.25) is 5.02 Å². The van der Waals surface area contributed by atoms with E-state index in [0.29, 0.717) is 14.9 Å². The molecule has 0 spiro atoms. The van der Waals surface area contributed by atoms with Crippen molar-refractivity contribution in [2.45, 2.75) is 56.1 Å². The third-order valence-electron chi connectivity index (χ3n) is 6.30. The van der Waals surface area contributed by atoms with Crippen molar-refractivity contribution in [1.29, 1.82) is 0 Å². The van der Waals surface area contributed by atoms with Crippen molar-refractivity contribution >= 4 is 39.3 Å². The number of hydrogen-bond donors (Lipinski definition) is 1. The van der Waals surface area contributed by atoms with Crippen LogP contribution in [-0.4, -0.2) is 54.0 Å². The van der Waals surface area contributed by atoms with Crippen LogP contribution in [-0.2, 0) is 26.2 Å². The highest BCUT2D eigenvalue weighted by Crippen LogP contribution is 2.30. The lowest BCUT2D eigenvalue weighted by atomic mass is 10.1. The molecule has 4 rings (SSSR count). The van der Waals surface area contributed by atoms with Gasteiger partial charge in [0.25, 0.3) is 15.9 Å². The maximum atomic E-state index is 13.4. The third-order valence-corrected chi connectivity index (χ3v) is 8.32. The molecule has 0 aromatic heterocycles. The first-order valence-electron chi connectivity index (χ1n) is 11.2. The van der Waals surface area contributed by atoms with Crippen molar-refractivity contribution in [3.05, 3.63) is 64.7 Å². The first-order valence-corrected chi connectivity index (χ1v) is 13.0. The minimum Gasteiger partial charge on any atom is -0.352 e. The predicted molar refractivity (Wildman–Crippen MR) is 127 cm³/mol. The standard InChI is InChI=1S/C24H26ClN3O5S/c1-16(23(30)26-19-9-2-3-10-19)27(14-17-7-6-8-18(25)13-17)22(29)15-28-24(31)20-11-4-5-12-21(20)34(28,32)33/h4-8,11-13,16,19H,2-3,9-10,14-15H2,1H3,(H,26,30)/t16-/m0/s1. The topological polar surface area (TPSA) is 104 Å². The van der Waals surface area contributed by atoms with Crippen LogP contribution in [0.25, 0.3) is 0 Å². The second-order valence-corrected chi connectivity index (χ2v) is 10.9. The van der Waals surface area contributed by atoms with Crippen molar-refractivity contribution in [3.8, 4) is 0 Å². The number of sulfonamides is 1. The molecule has 34 heavy (non-hydrogen) atoms. The van der Waals surface area contributed by atoms with Gasteiger partial charge in [-0.2, -0.15) is 0 Å². The normalized spacial score (nSPS) is 17.9. The lowest BCUT2D eigenvalue weighted by Gasteiger charge is -2.31. The molecule has 3 amide bonds. The van der Waals surface area contributed by atoms with Crippen LogP contribution in [0.5, 0.6) is 0 Å². The molecule has 2 aliphatic rings. The summed E-state index contributed by atoms with van der Waals surface area (Å²) in [5.74, 6) is -1.73. The van der Waals surface area contributed by atoms with E-state index in [9.17, 15) is 22.8 Å². The van der Waals surface area contributed by atoms with Crippen LogP contribution < -0.4 is 5.32 Å². The van der Waals surface area contributed by atoms with Gasteiger partial charge in [-0.05, 0) is 49.6 Å². The molecular formula is C24H26ClN3O5S. The number of nitrogens with zero attached hydrogens (tertiary/aromatic N) is 2. The van der Waals surface area contributed by atoms with Gasteiger partial charge in [-0.15, -0.1) is 0 Å². The average Bonchev–Trinajstić information content (AvgIpc) is 3.38. The van der Waals surface area contributed by atoms with E-state index in [1.807, 2.05) is 0 Å². The van der Waals surface area contributed by atoms with Crippen LogP contribution >= 0.6 is 11.6 Å². The van der Waals surface area contributed by atoms with Crippen molar-refractivity contribution in [1.82, 2.24) is 14.5 Å². The fourth-order valence-corrected chi connectivity index (χ4v) is 6.14. The van der Waals surface area contributed by atoms with Gasteiger partial charge in [-0.3, -0.25) is 14.4 Å². The molecule has 2 aromatic carbocycles. The Hall–Kier alpha value is -2.91. The van der Waals surface area contributed by atoms with Crippen LogP contribution in [0.15, 0.2) is 53.4 Å². The Kier molecular flexibility index (Phi) is 6.95. The summed E-state index contributed by atoms with van der Waals surface area (Å²) in [6.07, 6.45) is 3.86. The summed E-state index contributed by atoms with van der Waals surface area (Å²) in [7, 11) is -4.15. The molecule has 1 N–H and O–H groups in total. The minimum absolute atomic E-state index is 0.0312. The highest BCUT2D eigenvalue weighted by molar-refractivity contribution is 7.90. The number of rotatable bonds is 7. The van der Waals surface area contributed by atoms with Crippen molar-refractivity contribution in [3.63, 3.8) is 0 Å². The second kappa shape index (κ2) is 9.76. The van der Waals surface area contributed by atoms with Crippen LogP contribution in [0.3, 0.4) is 0 Å². The molecule has 0 radical (unpaired) electrons. The monoisotopic (exact) mass is 503 g/mol. The van der Waals surface area contributed by atoms with Crippen LogP contribution in [0.1, 0.15) is 48.5 Å². The molecule has 1 atom stereocenters. The van der Waals surface area contributed by atoms with Gasteiger partial charge in [0, 0.05) is 17.6 Å². The summed E-state index contributed by atoms with van der Waals surface area (Å²) in [5.41, 5.74) is 0.712. The van der Waals surface area contributed by atoms with Gasteiger partial charge in [0.15, 0.2) is 0 Å². The molecule has 1 fully saturated rings. The smallest absolute Gasteiger partial charge is 0.269 e. The zero-order chi connectivity index (χ0) is 24.5. The molecule has 0 unspecified atom stereocenters. The number of halogens is 1. The van der Waals surface area contributed by atoms with Crippen molar-refractivity contribution in [2.75, 3.05) is 6.54 Å². The molecule has 10 heteroatoms. The number of benzene rings is 2. The zero-order valence-corrected chi connectivity index (χ0v) is 20.3. The van der Waals surface area contributed by atoms with Crippen molar-refractivity contribution < 1.29 is 22.8 Å². The Bertz CT molecular complexity index is 1230. The summed E-state index contributed by atoms with van der Waals surface area (Å²) in [5, 5.41) is 3.46. The Morgan fingerprint density at radius 2 is 1.85 bits per heavy atom. The lowest BCUT2D eigenvalue weighted by Crippen LogP contribution is -2.52. The number of fused-ring (bicyclic) bond motifs is 1. The van der Waals surface area contributed by atoms with E-state index in [1.165, 1.54) is 23.1 Å². The summed E-state index contributed by atoms with van der Waals surface area (Å²) in [4.78, 5) is 40.3. The SMILES string of the molecule is C[C@@H](C(=O)NC1CCCC1)N(Cc1cccc(Cl)c1)C(=O)CN1C(=O)c2ccccc2S1(=O)=O. The highest BCUT2D eigenvalue weighted by Gasteiger charge is 2.43. The molecule has 1 aliphatic heterocycles. The molecule has 1 saturated carbocycles. The van der Waals surface area contributed by atoms with E-state index in [0.717, 1.165) is 25.7 Å². The average molecular weight is 504 g/mol. The maximum absolute atomic E-state index is 13.4. The first kappa shape index (κ1) is 24.2. The van der Waals surface area contributed by atoms with Gasteiger partial charge in [-0.1, -0.05) is 48.7 Å². The van der Waals surface area contributed by atoms with Gasteiger partial charge in [-0.25, -0.2) is 12.7 Å². The predicted octanol–water partition coefficient (Wildman–Crippen LogP) is 2.96. The van der Waals surface area contributed by atoms with Crippen LogP contribution in [0, 0.1) is 0 Å². The number of hydrogen-bond acceptors (Lipinski definition) is 5. The molecule has 180 valence electrons. The Morgan fingerprint density at radius 1 is 1.15 bits per heavy atom. The zero-order valence-electron chi connectivity index (χ0n) is 18.7. The van der Waals surface area contributed by atoms with E-state index in [-0.39, 0.29) is 29.0 Å². The van der Waals surface area contributed by atoms with E-state index in [1.54, 1.807) is 37.3 Å². The molecule has 0 bridgehead atoms. The van der Waals surface area contributed by atoms with E-state index >= 15 is 0 Å². The second-order valence-electron chi connectivity index (χ2n) is 8.63. The number of carbonyl (C=O) groups is 3. The van der Waals surface area contributed by atoms with Crippen molar-refractivity contribution in [2.24, 2.45) is 0 Å². The van der Waals surface area contributed by atoms with E-state index in [4.69, 9.17) is 11.6 Å². The van der Waals surface area contributed by atoms with Gasteiger partial charge in [0.1, 0.15) is 17.5 Å². The first-order chi connectivity index (χ1) is 16.2. The fourth-order valence-electron chi connectivity index (χ4n) is 4.41. The summed E-state index contributed by atoms with van der Waals surface area (Å²) in [6.45, 7) is 0.937. The van der Waals surface area contributed by atoms with Gasteiger partial charge in [0.05, 0.1) is 5.56 Å². The van der Waals surface area contributed by atoms with E-state index < -0.39 is 34.4 Å². The maximum Gasteiger partial charge on any atom is 0.269 e. The lowest BCUT2D eigenvalue weighted by molar-refractivity contribution is -0.140. The summed E-state index contributed by atoms with van der Waals surface area (Å²) < 4.78 is 26.4. The van der Waals surface area contributed by atoms with Gasteiger partial charge < -0.3 is 10.2 Å². The van der Waals surface area contributed by atoms with Gasteiger partial charge in [0.2, 0.25) is 11.8 Å². The minimum atomic E-state index is -4.15. The highest BCUT2D eigenvalue weighted by atomic mass is 35.5.